The first-order chi connectivity index (χ1) is 12.5. The predicted octanol–water partition coefficient (Wildman–Crippen LogP) is -1.46. The molecule has 4 rings (SSSR count). The normalized spacial score (nSPS) is 27.0. The molecule has 4 atom stereocenters. The van der Waals surface area contributed by atoms with Crippen molar-refractivity contribution in [1.29, 1.82) is 0 Å². The lowest BCUT2D eigenvalue weighted by Gasteiger charge is -2.18. The minimum Gasteiger partial charge on any atom is -0.454 e. The van der Waals surface area contributed by atoms with Crippen LogP contribution in [0.4, 0.5) is 0 Å². The average Bonchev–Trinajstić information content (AvgIpc) is 3.20. The van der Waals surface area contributed by atoms with Crippen LogP contribution >= 0.6 is 0 Å². The predicted molar refractivity (Wildman–Crippen MR) is 85.9 cm³/mol. The first kappa shape index (κ1) is 16.8. The van der Waals surface area contributed by atoms with Crippen LogP contribution in [0.25, 0.3) is 11.1 Å². The number of hydrogen-bond acceptors (Lipinski definition) is 8. The van der Waals surface area contributed by atoms with E-state index in [0.717, 1.165) is 4.57 Å². The molecule has 138 valence electrons. The van der Waals surface area contributed by atoms with Gasteiger partial charge in [0.15, 0.2) is 17.7 Å². The Morgan fingerprint density at radius 3 is 2.65 bits per heavy atom. The number of fused-ring (bicyclic) bond motifs is 1. The number of nitrogens with zero attached hydrogens (tertiary/aromatic N) is 1. The van der Waals surface area contributed by atoms with Crippen LogP contribution in [0.2, 0.25) is 0 Å². The molecular formula is C16H16N2O8. The maximum Gasteiger partial charge on any atom is 0.330 e. The lowest BCUT2D eigenvalue weighted by atomic mass is 10.1. The number of nitrogens with one attached hydrogen (secondary N) is 1. The third-order valence-electron chi connectivity index (χ3n) is 4.44. The molecule has 1 aromatic heterocycles. The molecule has 0 amide bonds. The summed E-state index contributed by atoms with van der Waals surface area (Å²) in [6.07, 6.45) is -3.86. The molecule has 26 heavy (non-hydrogen) atoms. The summed E-state index contributed by atoms with van der Waals surface area (Å²) in [4.78, 5) is 26.6. The molecule has 4 N–H and O–H groups in total. The van der Waals surface area contributed by atoms with Crippen LogP contribution in [0.5, 0.6) is 11.5 Å². The van der Waals surface area contributed by atoms with E-state index >= 15 is 0 Å². The van der Waals surface area contributed by atoms with Gasteiger partial charge in [-0.25, -0.2) is 4.79 Å². The van der Waals surface area contributed by atoms with E-state index < -0.39 is 42.4 Å². The van der Waals surface area contributed by atoms with E-state index in [1.165, 1.54) is 6.20 Å². The van der Waals surface area contributed by atoms with Gasteiger partial charge in [-0.15, -0.1) is 0 Å². The quantitative estimate of drug-likeness (QED) is 0.518. The fraction of sp³-hybridized carbons (Fsp3) is 0.375. The zero-order valence-electron chi connectivity index (χ0n) is 13.4. The van der Waals surface area contributed by atoms with Crippen molar-refractivity contribution in [1.82, 2.24) is 9.55 Å². The molecule has 0 spiro atoms. The minimum absolute atomic E-state index is 0.0805. The average molecular weight is 364 g/mol. The third kappa shape index (κ3) is 2.59. The monoisotopic (exact) mass is 364 g/mol. The summed E-state index contributed by atoms with van der Waals surface area (Å²) >= 11 is 0. The highest BCUT2D eigenvalue weighted by Crippen LogP contribution is 2.35. The number of aromatic amines is 1. The molecular weight excluding hydrogens is 348 g/mol. The Hall–Kier alpha value is -2.66. The summed E-state index contributed by atoms with van der Waals surface area (Å²) in [5, 5.41) is 29.2. The van der Waals surface area contributed by atoms with Crippen LogP contribution in [-0.2, 0) is 4.74 Å². The summed E-state index contributed by atoms with van der Waals surface area (Å²) in [6.45, 7) is -0.445. The minimum atomic E-state index is -1.44. The number of ether oxygens (including phenoxy) is 3. The van der Waals surface area contributed by atoms with E-state index in [4.69, 9.17) is 14.2 Å². The maximum absolute atomic E-state index is 12.2. The largest absolute Gasteiger partial charge is 0.454 e. The second-order valence-electron chi connectivity index (χ2n) is 6.01. The van der Waals surface area contributed by atoms with Gasteiger partial charge in [-0.1, -0.05) is 6.07 Å². The van der Waals surface area contributed by atoms with Gasteiger partial charge in [0.05, 0.1) is 12.2 Å². The Balaban J connectivity index is 1.78. The zero-order chi connectivity index (χ0) is 18.4. The molecule has 0 radical (unpaired) electrons. The number of benzene rings is 1. The number of aliphatic hydroxyl groups is 3. The molecule has 0 aliphatic carbocycles. The van der Waals surface area contributed by atoms with E-state index in [0.29, 0.717) is 17.1 Å². The van der Waals surface area contributed by atoms with E-state index in [1.807, 2.05) is 0 Å². The van der Waals surface area contributed by atoms with Crippen LogP contribution in [0.3, 0.4) is 0 Å². The molecule has 2 aromatic rings. The SMILES string of the molecule is O=c1[nH]c(=O)n([C@@H]2O[C@H](CO)[C@@H](O)[C@H]2O)cc1-c1ccc2c(c1)OCO2. The number of rotatable bonds is 3. The van der Waals surface area contributed by atoms with Gasteiger partial charge < -0.3 is 29.5 Å². The summed E-state index contributed by atoms with van der Waals surface area (Å²) in [5.74, 6) is 1.01. The van der Waals surface area contributed by atoms with E-state index in [-0.39, 0.29) is 12.4 Å². The highest BCUT2D eigenvalue weighted by Gasteiger charge is 2.43. The van der Waals surface area contributed by atoms with Crippen molar-refractivity contribution in [2.45, 2.75) is 24.5 Å². The maximum atomic E-state index is 12.2. The van der Waals surface area contributed by atoms with Crippen LogP contribution in [0.15, 0.2) is 34.0 Å². The van der Waals surface area contributed by atoms with Gasteiger partial charge in [-0.2, -0.15) is 0 Å². The van der Waals surface area contributed by atoms with Crippen molar-refractivity contribution in [3.63, 3.8) is 0 Å². The van der Waals surface area contributed by atoms with Gasteiger partial charge >= 0.3 is 5.69 Å². The van der Waals surface area contributed by atoms with Gasteiger partial charge in [0.25, 0.3) is 5.56 Å². The molecule has 2 aliphatic heterocycles. The molecule has 0 unspecified atom stereocenters. The van der Waals surface area contributed by atoms with Gasteiger partial charge in [-0.3, -0.25) is 14.3 Å². The molecule has 1 fully saturated rings. The molecule has 0 saturated carbocycles. The molecule has 1 aromatic carbocycles. The summed E-state index contributed by atoms with van der Waals surface area (Å²) < 4.78 is 16.8. The standard InChI is InChI=1S/C16H16N2O8/c19-5-11-12(20)13(21)15(26-11)18-4-8(14(22)17-16(18)23)7-1-2-9-10(3-7)25-6-24-9/h1-4,11-13,15,19-21H,5-6H2,(H,17,22,23)/t11-,12-,13-,15-/m1/s1. The van der Waals surface area contributed by atoms with Gasteiger partial charge in [0, 0.05) is 6.20 Å². The molecule has 3 heterocycles. The number of aromatic nitrogens is 2. The Bertz CT molecular complexity index is 952. The van der Waals surface area contributed by atoms with E-state index in [1.54, 1.807) is 18.2 Å². The summed E-state index contributed by atoms with van der Waals surface area (Å²) in [5.41, 5.74) is -0.831. The number of H-pyrrole nitrogens is 1. The smallest absolute Gasteiger partial charge is 0.330 e. The fourth-order valence-corrected chi connectivity index (χ4v) is 3.05. The topological polar surface area (TPSA) is 143 Å². The first-order valence-corrected chi connectivity index (χ1v) is 7.87. The Labute approximate surface area is 145 Å². The van der Waals surface area contributed by atoms with Crippen molar-refractivity contribution in [2.75, 3.05) is 13.4 Å². The highest BCUT2D eigenvalue weighted by atomic mass is 16.7. The molecule has 0 bridgehead atoms. The van der Waals surface area contributed by atoms with Crippen molar-refractivity contribution in [3.8, 4) is 22.6 Å². The van der Waals surface area contributed by atoms with Crippen LogP contribution in [-0.4, -0.2) is 56.6 Å². The zero-order valence-corrected chi connectivity index (χ0v) is 13.4. The molecule has 1 saturated heterocycles. The van der Waals surface area contributed by atoms with Gasteiger partial charge in [0.1, 0.15) is 18.3 Å². The fourth-order valence-electron chi connectivity index (χ4n) is 3.05. The Kier molecular flexibility index (Phi) is 4.04. The third-order valence-corrected chi connectivity index (χ3v) is 4.44. The molecule has 10 nitrogen and oxygen atoms in total. The van der Waals surface area contributed by atoms with Gasteiger partial charge in [-0.05, 0) is 17.7 Å². The Morgan fingerprint density at radius 1 is 1.15 bits per heavy atom. The van der Waals surface area contributed by atoms with Gasteiger partial charge in [0.2, 0.25) is 6.79 Å². The highest BCUT2D eigenvalue weighted by molar-refractivity contribution is 5.66. The lowest BCUT2D eigenvalue weighted by molar-refractivity contribution is -0.0549. The van der Waals surface area contributed by atoms with Crippen molar-refractivity contribution >= 4 is 0 Å². The van der Waals surface area contributed by atoms with Crippen molar-refractivity contribution in [2.24, 2.45) is 0 Å². The van der Waals surface area contributed by atoms with Crippen molar-refractivity contribution in [3.05, 3.63) is 45.2 Å². The first-order valence-electron chi connectivity index (χ1n) is 7.87. The number of hydrogen-bond donors (Lipinski definition) is 4. The van der Waals surface area contributed by atoms with E-state index in [2.05, 4.69) is 4.98 Å². The number of aliphatic hydroxyl groups excluding tert-OH is 3. The van der Waals surface area contributed by atoms with Crippen LogP contribution < -0.4 is 20.7 Å². The van der Waals surface area contributed by atoms with Crippen molar-refractivity contribution < 1.29 is 29.5 Å². The van der Waals surface area contributed by atoms with Crippen LogP contribution in [0.1, 0.15) is 6.23 Å². The molecule has 2 aliphatic rings. The summed E-state index contributed by atoms with van der Waals surface area (Å²) in [7, 11) is 0. The second kappa shape index (κ2) is 6.25. The second-order valence-corrected chi connectivity index (χ2v) is 6.01. The van der Waals surface area contributed by atoms with Crippen LogP contribution in [0, 0.1) is 0 Å². The Morgan fingerprint density at radius 2 is 1.92 bits per heavy atom. The molecule has 10 heteroatoms. The lowest BCUT2D eigenvalue weighted by Crippen LogP contribution is -2.38. The summed E-state index contributed by atoms with van der Waals surface area (Å²) in [6, 6.07) is 4.86. The van der Waals surface area contributed by atoms with E-state index in [9.17, 15) is 24.9 Å².